The summed E-state index contributed by atoms with van der Waals surface area (Å²) < 4.78 is 0.259. The average Bonchev–Trinajstić information content (AvgIpc) is 2.97. The van der Waals surface area contributed by atoms with Crippen molar-refractivity contribution >= 4 is 51.9 Å². The number of thioether (sulfide) groups is 1. The highest BCUT2D eigenvalue weighted by atomic mass is 32.2. The number of carboxylic acids is 1. The Balaban J connectivity index is 1.65. The predicted octanol–water partition coefficient (Wildman–Crippen LogP) is 4.10. The van der Waals surface area contributed by atoms with Crippen molar-refractivity contribution < 1.29 is 14.7 Å². The molecule has 2 aliphatic rings. The van der Waals surface area contributed by atoms with Gasteiger partial charge in [-0.25, -0.2) is 4.79 Å². The first-order valence-electron chi connectivity index (χ1n) is 9.34. The van der Waals surface area contributed by atoms with Gasteiger partial charge in [-0.2, -0.15) is 0 Å². The van der Waals surface area contributed by atoms with Crippen LogP contribution in [0.5, 0.6) is 0 Å². The second kappa shape index (κ2) is 8.00. The standard InChI is InChI=1S/C22H20N2O3S2/c1-23-11-5-8-16-12-14(9-10-17(16)23)13-18-20(25)24(22(28)29-18)19(21(26)27)15-6-3-2-4-7-15/h2-4,6-7,9-10,12-13,19H,5,8,11H2,1H3,(H,26,27). The van der Waals surface area contributed by atoms with Crippen molar-refractivity contribution in [2.24, 2.45) is 0 Å². The van der Waals surface area contributed by atoms with E-state index < -0.39 is 12.0 Å². The van der Waals surface area contributed by atoms with Crippen LogP contribution < -0.4 is 4.90 Å². The van der Waals surface area contributed by atoms with Crippen LogP contribution in [0.2, 0.25) is 0 Å². The average molecular weight is 425 g/mol. The molecule has 5 nitrogen and oxygen atoms in total. The summed E-state index contributed by atoms with van der Waals surface area (Å²) in [5.41, 5.74) is 3.92. The first-order chi connectivity index (χ1) is 14.0. The van der Waals surface area contributed by atoms with Gasteiger partial charge in [-0.1, -0.05) is 60.4 Å². The number of aryl methyl sites for hydroxylation is 1. The van der Waals surface area contributed by atoms with Crippen LogP contribution in [0, 0.1) is 0 Å². The quantitative estimate of drug-likeness (QED) is 0.589. The third-order valence-electron chi connectivity index (χ3n) is 5.18. The number of carbonyl (C=O) groups excluding carboxylic acids is 1. The highest BCUT2D eigenvalue weighted by Gasteiger charge is 2.41. The lowest BCUT2D eigenvalue weighted by Crippen LogP contribution is -2.37. The van der Waals surface area contributed by atoms with E-state index in [1.54, 1.807) is 36.4 Å². The predicted molar refractivity (Wildman–Crippen MR) is 120 cm³/mol. The van der Waals surface area contributed by atoms with Gasteiger partial charge in [-0.05, 0) is 47.7 Å². The monoisotopic (exact) mass is 424 g/mol. The zero-order valence-electron chi connectivity index (χ0n) is 15.9. The van der Waals surface area contributed by atoms with Crippen LogP contribution in [0.25, 0.3) is 6.08 Å². The van der Waals surface area contributed by atoms with Crippen molar-refractivity contribution in [2.45, 2.75) is 18.9 Å². The topological polar surface area (TPSA) is 60.9 Å². The van der Waals surface area contributed by atoms with Crippen LogP contribution in [0.4, 0.5) is 5.69 Å². The molecule has 1 fully saturated rings. The van der Waals surface area contributed by atoms with Crippen LogP contribution in [-0.2, 0) is 16.0 Å². The van der Waals surface area contributed by atoms with Gasteiger partial charge in [0.15, 0.2) is 6.04 Å². The number of anilines is 1. The minimum atomic E-state index is -1.13. The maximum atomic E-state index is 13.1. The number of fused-ring (bicyclic) bond motifs is 1. The Kier molecular flexibility index (Phi) is 5.43. The van der Waals surface area contributed by atoms with Gasteiger partial charge in [0.1, 0.15) is 4.32 Å². The van der Waals surface area contributed by atoms with Gasteiger partial charge in [0.05, 0.1) is 4.91 Å². The van der Waals surface area contributed by atoms with Crippen molar-refractivity contribution in [1.29, 1.82) is 0 Å². The van der Waals surface area contributed by atoms with Crippen molar-refractivity contribution in [3.05, 3.63) is 70.1 Å². The number of rotatable bonds is 4. The van der Waals surface area contributed by atoms with E-state index in [9.17, 15) is 14.7 Å². The highest BCUT2D eigenvalue weighted by molar-refractivity contribution is 8.26. The molecule has 7 heteroatoms. The second-order valence-electron chi connectivity index (χ2n) is 7.12. The minimum Gasteiger partial charge on any atom is -0.479 e. The molecular formula is C22H20N2O3S2. The number of carboxylic acid groups (broad SMARTS) is 1. The Hall–Kier alpha value is -2.64. The molecule has 0 bridgehead atoms. The number of hydrogen-bond acceptors (Lipinski definition) is 5. The molecule has 0 radical (unpaired) electrons. The Morgan fingerprint density at radius 2 is 2.00 bits per heavy atom. The SMILES string of the molecule is CN1CCCc2cc(C=C3SC(=S)N(C(C(=O)O)c4ccccc4)C3=O)ccc21. The van der Waals surface area contributed by atoms with Crippen molar-refractivity contribution in [3.8, 4) is 0 Å². The van der Waals surface area contributed by atoms with Crippen LogP contribution in [0.3, 0.4) is 0 Å². The molecule has 1 N–H and O–H groups in total. The van der Waals surface area contributed by atoms with Crippen molar-refractivity contribution in [3.63, 3.8) is 0 Å². The Bertz CT molecular complexity index is 1020. The van der Waals surface area contributed by atoms with E-state index in [2.05, 4.69) is 24.1 Å². The summed E-state index contributed by atoms with van der Waals surface area (Å²) in [7, 11) is 2.08. The maximum absolute atomic E-state index is 13.1. The van der Waals surface area contributed by atoms with E-state index >= 15 is 0 Å². The third kappa shape index (κ3) is 3.80. The summed E-state index contributed by atoms with van der Waals surface area (Å²) in [5.74, 6) is -1.48. The molecule has 0 spiro atoms. The van der Waals surface area contributed by atoms with E-state index in [1.807, 2.05) is 6.07 Å². The molecule has 0 aliphatic carbocycles. The number of amides is 1. The summed E-state index contributed by atoms with van der Waals surface area (Å²) in [6, 6.07) is 13.7. The summed E-state index contributed by atoms with van der Waals surface area (Å²) in [5, 5.41) is 9.77. The molecule has 0 saturated carbocycles. The first-order valence-corrected chi connectivity index (χ1v) is 10.6. The summed E-state index contributed by atoms with van der Waals surface area (Å²) in [6.45, 7) is 1.04. The molecule has 2 aromatic rings. The van der Waals surface area contributed by atoms with E-state index in [0.717, 1.165) is 36.7 Å². The van der Waals surface area contributed by atoms with Crippen LogP contribution in [-0.4, -0.2) is 39.8 Å². The third-order valence-corrected chi connectivity index (χ3v) is 6.51. The molecule has 2 aliphatic heterocycles. The first kappa shape index (κ1) is 19.7. The van der Waals surface area contributed by atoms with E-state index in [1.165, 1.54) is 16.2 Å². The number of hydrogen-bond donors (Lipinski definition) is 1. The molecule has 1 atom stereocenters. The molecule has 2 aromatic carbocycles. The number of aliphatic carboxylic acids is 1. The van der Waals surface area contributed by atoms with Gasteiger partial charge >= 0.3 is 5.97 Å². The Morgan fingerprint density at radius 1 is 1.24 bits per heavy atom. The normalized spacial score (nSPS) is 18.9. The molecule has 1 amide bonds. The molecule has 1 unspecified atom stereocenters. The number of benzene rings is 2. The minimum absolute atomic E-state index is 0.259. The van der Waals surface area contributed by atoms with Crippen LogP contribution >= 0.6 is 24.0 Å². The van der Waals surface area contributed by atoms with Crippen LogP contribution in [0.15, 0.2) is 53.4 Å². The number of nitrogens with zero attached hydrogens (tertiary/aromatic N) is 2. The zero-order valence-corrected chi connectivity index (χ0v) is 17.5. The van der Waals surface area contributed by atoms with Crippen molar-refractivity contribution in [2.75, 3.05) is 18.5 Å². The second-order valence-corrected chi connectivity index (χ2v) is 8.79. The zero-order chi connectivity index (χ0) is 20.5. The molecule has 2 heterocycles. The lowest BCUT2D eigenvalue weighted by Gasteiger charge is -2.27. The lowest BCUT2D eigenvalue weighted by molar-refractivity contribution is -0.145. The fourth-order valence-electron chi connectivity index (χ4n) is 3.79. The molecule has 29 heavy (non-hydrogen) atoms. The largest absolute Gasteiger partial charge is 0.479 e. The summed E-state index contributed by atoms with van der Waals surface area (Å²) >= 11 is 6.53. The highest BCUT2D eigenvalue weighted by Crippen LogP contribution is 2.39. The number of carbonyl (C=O) groups is 2. The molecule has 148 valence electrons. The van der Waals surface area contributed by atoms with E-state index in [4.69, 9.17) is 12.2 Å². The lowest BCUT2D eigenvalue weighted by atomic mass is 9.99. The Labute approximate surface area is 179 Å². The van der Waals surface area contributed by atoms with E-state index in [-0.39, 0.29) is 10.2 Å². The fraction of sp³-hybridized carbons (Fsp3) is 0.227. The summed E-state index contributed by atoms with van der Waals surface area (Å²) in [4.78, 5) is 28.9. The Morgan fingerprint density at radius 3 is 2.72 bits per heavy atom. The van der Waals surface area contributed by atoms with Gasteiger partial charge < -0.3 is 10.0 Å². The molecule has 0 aromatic heterocycles. The molecule has 4 rings (SSSR count). The van der Waals surface area contributed by atoms with Gasteiger partial charge in [-0.3, -0.25) is 9.69 Å². The van der Waals surface area contributed by atoms with Crippen LogP contribution in [0.1, 0.15) is 29.2 Å². The smallest absolute Gasteiger partial charge is 0.331 e. The van der Waals surface area contributed by atoms with Gasteiger partial charge in [-0.15, -0.1) is 0 Å². The van der Waals surface area contributed by atoms with Gasteiger partial charge in [0.25, 0.3) is 5.91 Å². The number of thiocarbonyl (C=S) groups is 1. The van der Waals surface area contributed by atoms with Crippen molar-refractivity contribution in [1.82, 2.24) is 4.90 Å². The van der Waals surface area contributed by atoms with Gasteiger partial charge in [0, 0.05) is 19.3 Å². The summed E-state index contributed by atoms with van der Waals surface area (Å²) in [6.07, 6.45) is 3.92. The van der Waals surface area contributed by atoms with Gasteiger partial charge in [0.2, 0.25) is 0 Å². The molecular weight excluding hydrogens is 404 g/mol. The van der Waals surface area contributed by atoms with E-state index in [0.29, 0.717) is 10.5 Å². The maximum Gasteiger partial charge on any atom is 0.331 e. The fourth-order valence-corrected chi connectivity index (χ4v) is 5.10. The molecule has 1 saturated heterocycles.